The lowest BCUT2D eigenvalue weighted by molar-refractivity contribution is -0.115. The van der Waals surface area contributed by atoms with Crippen molar-refractivity contribution in [1.82, 2.24) is 0 Å². The summed E-state index contributed by atoms with van der Waals surface area (Å²) >= 11 is 0. The maximum atomic E-state index is 12.1. The molecule has 0 aliphatic heterocycles. The van der Waals surface area contributed by atoms with E-state index < -0.39 is 0 Å². The Morgan fingerprint density at radius 2 is 1.74 bits per heavy atom. The number of rotatable bonds is 7. The van der Waals surface area contributed by atoms with Crippen LogP contribution in [0.15, 0.2) is 48.5 Å². The molecule has 0 radical (unpaired) electrons. The van der Waals surface area contributed by atoms with Crippen molar-refractivity contribution < 1.29 is 4.79 Å². The third kappa shape index (κ3) is 6.15. The van der Waals surface area contributed by atoms with E-state index in [0.717, 1.165) is 29.9 Å². The fraction of sp³-hybridized carbons (Fsp3) is 0.350. The Morgan fingerprint density at radius 3 is 2.39 bits per heavy atom. The van der Waals surface area contributed by atoms with Gasteiger partial charge in [-0.3, -0.25) is 4.79 Å². The molecule has 0 atom stereocenters. The molecule has 0 saturated carbocycles. The van der Waals surface area contributed by atoms with Crippen molar-refractivity contribution in [3.8, 4) is 0 Å². The minimum absolute atomic E-state index is 0.0103. The number of amides is 1. The molecular formula is C20H26N2O. The standard InChI is InChI=1S/C20H26N2O/c1-15(2)11-12-21-18-7-9-19(10-8-18)22-20(23)14-17-6-4-5-16(3)13-17/h4-10,13,15,21H,11-12,14H2,1-3H3,(H,22,23). The van der Waals surface area contributed by atoms with Crippen LogP contribution in [0, 0.1) is 12.8 Å². The van der Waals surface area contributed by atoms with Crippen LogP contribution in [0.5, 0.6) is 0 Å². The van der Waals surface area contributed by atoms with Crippen LogP contribution in [-0.2, 0) is 11.2 Å². The molecule has 122 valence electrons. The Hall–Kier alpha value is -2.29. The number of carbonyl (C=O) groups is 1. The van der Waals surface area contributed by atoms with Gasteiger partial charge in [0.1, 0.15) is 0 Å². The zero-order valence-corrected chi connectivity index (χ0v) is 14.2. The van der Waals surface area contributed by atoms with Crippen molar-refractivity contribution in [2.75, 3.05) is 17.2 Å². The summed E-state index contributed by atoms with van der Waals surface area (Å²) in [7, 11) is 0. The molecule has 0 bridgehead atoms. The van der Waals surface area contributed by atoms with Crippen molar-refractivity contribution in [2.45, 2.75) is 33.6 Å². The summed E-state index contributed by atoms with van der Waals surface area (Å²) in [6.07, 6.45) is 1.55. The van der Waals surface area contributed by atoms with Gasteiger partial charge in [0.25, 0.3) is 0 Å². The smallest absolute Gasteiger partial charge is 0.228 e. The van der Waals surface area contributed by atoms with Gasteiger partial charge in [-0.15, -0.1) is 0 Å². The van der Waals surface area contributed by atoms with E-state index in [1.54, 1.807) is 0 Å². The molecule has 0 spiro atoms. The third-order valence-electron chi connectivity index (χ3n) is 3.67. The molecule has 0 unspecified atom stereocenters. The van der Waals surface area contributed by atoms with Gasteiger partial charge in [0.2, 0.25) is 5.91 Å². The molecule has 2 N–H and O–H groups in total. The minimum Gasteiger partial charge on any atom is -0.385 e. The van der Waals surface area contributed by atoms with Crippen molar-refractivity contribution in [2.24, 2.45) is 5.92 Å². The fourth-order valence-electron chi connectivity index (χ4n) is 2.39. The first-order chi connectivity index (χ1) is 11.0. The third-order valence-corrected chi connectivity index (χ3v) is 3.67. The average Bonchev–Trinajstić information content (AvgIpc) is 2.48. The summed E-state index contributed by atoms with van der Waals surface area (Å²) in [6.45, 7) is 7.44. The number of carbonyl (C=O) groups excluding carboxylic acids is 1. The monoisotopic (exact) mass is 310 g/mol. The van der Waals surface area contributed by atoms with Crippen LogP contribution < -0.4 is 10.6 Å². The lowest BCUT2D eigenvalue weighted by Crippen LogP contribution is -2.14. The quantitative estimate of drug-likeness (QED) is 0.782. The van der Waals surface area contributed by atoms with Gasteiger partial charge in [-0.2, -0.15) is 0 Å². The maximum absolute atomic E-state index is 12.1. The molecule has 0 heterocycles. The fourth-order valence-corrected chi connectivity index (χ4v) is 2.39. The zero-order valence-electron chi connectivity index (χ0n) is 14.2. The predicted octanol–water partition coefficient (Wildman–Crippen LogP) is 4.63. The first-order valence-corrected chi connectivity index (χ1v) is 8.22. The maximum Gasteiger partial charge on any atom is 0.228 e. The first kappa shape index (κ1) is 17.1. The minimum atomic E-state index is 0.0103. The molecule has 2 aromatic rings. The predicted molar refractivity (Wildman–Crippen MR) is 97.9 cm³/mol. The van der Waals surface area contributed by atoms with Crippen LogP contribution >= 0.6 is 0 Å². The SMILES string of the molecule is Cc1cccc(CC(=O)Nc2ccc(NCCC(C)C)cc2)c1. The van der Waals surface area contributed by atoms with Gasteiger partial charge in [0.15, 0.2) is 0 Å². The number of benzene rings is 2. The van der Waals surface area contributed by atoms with E-state index in [1.807, 2.05) is 55.5 Å². The molecular weight excluding hydrogens is 284 g/mol. The molecule has 23 heavy (non-hydrogen) atoms. The van der Waals surface area contributed by atoms with Crippen LogP contribution in [0.25, 0.3) is 0 Å². The molecule has 0 saturated heterocycles. The molecule has 0 aliphatic carbocycles. The van der Waals surface area contributed by atoms with Gasteiger partial charge < -0.3 is 10.6 Å². The Morgan fingerprint density at radius 1 is 1.04 bits per heavy atom. The number of nitrogens with one attached hydrogen (secondary N) is 2. The molecule has 3 heteroatoms. The number of hydrogen-bond acceptors (Lipinski definition) is 2. The second-order valence-corrected chi connectivity index (χ2v) is 6.40. The second-order valence-electron chi connectivity index (χ2n) is 6.40. The van der Waals surface area contributed by atoms with Crippen molar-refractivity contribution >= 4 is 17.3 Å². The number of aryl methyl sites for hydroxylation is 1. The van der Waals surface area contributed by atoms with E-state index in [0.29, 0.717) is 12.3 Å². The van der Waals surface area contributed by atoms with E-state index in [4.69, 9.17) is 0 Å². The largest absolute Gasteiger partial charge is 0.385 e. The van der Waals surface area contributed by atoms with Crippen LogP contribution in [0.3, 0.4) is 0 Å². The highest BCUT2D eigenvalue weighted by molar-refractivity contribution is 5.92. The highest BCUT2D eigenvalue weighted by atomic mass is 16.1. The molecule has 0 aromatic heterocycles. The Bertz CT molecular complexity index is 632. The average molecular weight is 310 g/mol. The van der Waals surface area contributed by atoms with Gasteiger partial charge in [0.05, 0.1) is 6.42 Å². The summed E-state index contributed by atoms with van der Waals surface area (Å²) in [5, 5.41) is 6.33. The van der Waals surface area contributed by atoms with E-state index in [-0.39, 0.29) is 5.91 Å². The first-order valence-electron chi connectivity index (χ1n) is 8.22. The lowest BCUT2D eigenvalue weighted by Gasteiger charge is -2.10. The van der Waals surface area contributed by atoms with Crippen molar-refractivity contribution in [3.63, 3.8) is 0 Å². The highest BCUT2D eigenvalue weighted by Gasteiger charge is 2.04. The molecule has 3 nitrogen and oxygen atoms in total. The normalized spacial score (nSPS) is 10.6. The molecule has 2 aromatic carbocycles. The Labute approximate surface area is 139 Å². The molecule has 0 aliphatic rings. The summed E-state index contributed by atoms with van der Waals surface area (Å²) in [4.78, 5) is 12.1. The van der Waals surface area contributed by atoms with Crippen molar-refractivity contribution in [1.29, 1.82) is 0 Å². The molecule has 2 rings (SSSR count). The Balaban J connectivity index is 1.84. The van der Waals surface area contributed by atoms with Crippen LogP contribution in [0.2, 0.25) is 0 Å². The number of anilines is 2. The van der Waals surface area contributed by atoms with Gasteiger partial charge in [0, 0.05) is 17.9 Å². The van der Waals surface area contributed by atoms with E-state index >= 15 is 0 Å². The van der Waals surface area contributed by atoms with Gasteiger partial charge in [-0.25, -0.2) is 0 Å². The number of hydrogen-bond donors (Lipinski definition) is 2. The topological polar surface area (TPSA) is 41.1 Å². The van der Waals surface area contributed by atoms with Gasteiger partial charge >= 0.3 is 0 Å². The molecule has 1 amide bonds. The van der Waals surface area contributed by atoms with Gasteiger partial charge in [-0.1, -0.05) is 43.7 Å². The van der Waals surface area contributed by atoms with Crippen LogP contribution in [-0.4, -0.2) is 12.5 Å². The van der Waals surface area contributed by atoms with Crippen molar-refractivity contribution in [3.05, 3.63) is 59.7 Å². The second kappa shape index (κ2) is 8.37. The lowest BCUT2D eigenvalue weighted by atomic mass is 10.1. The molecule has 0 fully saturated rings. The van der Waals surface area contributed by atoms with E-state index in [2.05, 4.69) is 24.5 Å². The highest BCUT2D eigenvalue weighted by Crippen LogP contribution is 2.15. The summed E-state index contributed by atoms with van der Waals surface area (Å²) in [6, 6.07) is 15.9. The zero-order chi connectivity index (χ0) is 16.7. The van der Waals surface area contributed by atoms with E-state index in [9.17, 15) is 4.79 Å². The van der Waals surface area contributed by atoms with Crippen LogP contribution in [0.4, 0.5) is 11.4 Å². The van der Waals surface area contributed by atoms with E-state index in [1.165, 1.54) is 5.56 Å². The van der Waals surface area contributed by atoms with Gasteiger partial charge in [-0.05, 0) is 49.1 Å². The summed E-state index contributed by atoms with van der Waals surface area (Å²) in [5.41, 5.74) is 4.13. The summed E-state index contributed by atoms with van der Waals surface area (Å²) in [5.74, 6) is 0.707. The summed E-state index contributed by atoms with van der Waals surface area (Å²) < 4.78 is 0. The Kier molecular flexibility index (Phi) is 6.21. The van der Waals surface area contributed by atoms with Crippen LogP contribution in [0.1, 0.15) is 31.4 Å².